The van der Waals surface area contributed by atoms with Gasteiger partial charge in [-0.3, -0.25) is 13.9 Å². The third-order valence-electron chi connectivity index (χ3n) is 2.88. The van der Waals surface area contributed by atoms with E-state index in [1.807, 2.05) is 0 Å². The SMILES string of the molecule is CCCS(=O)(=O)CCn1ccc(=O)n(CCCN)c1=O. The Bertz CT molecular complexity index is 645. The van der Waals surface area contributed by atoms with Crippen LogP contribution in [0.25, 0.3) is 0 Å². The highest BCUT2D eigenvalue weighted by atomic mass is 32.2. The number of nitrogens with two attached hydrogens (primary N) is 1. The van der Waals surface area contributed by atoms with E-state index in [4.69, 9.17) is 5.73 Å². The lowest BCUT2D eigenvalue weighted by atomic mass is 10.4. The first-order valence-corrected chi connectivity index (χ1v) is 8.44. The molecule has 0 radical (unpaired) electrons. The number of rotatable bonds is 8. The molecule has 20 heavy (non-hydrogen) atoms. The highest BCUT2D eigenvalue weighted by Gasteiger charge is 2.11. The van der Waals surface area contributed by atoms with Crippen LogP contribution < -0.4 is 17.0 Å². The van der Waals surface area contributed by atoms with Gasteiger partial charge in [0.1, 0.15) is 0 Å². The molecule has 1 rings (SSSR count). The van der Waals surface area contributed by atoms with Crippen LogP contribution in [-0.2, 0) is 22.9 Å². The van der Waals surface area contributed by atoms with Crippen molar-refractivity contribution in [3.8, 4) is 0 Å². The van der Waals surface area contributed by atoms with Gasteiger partial charge in [-0.25, -0.2) is 13.2 Å². The van der Waals surface area contributed by atoms with Crippen LogP contribution in [0.4, 0.5) is 0 Å². The summed E-state index contributed by atoms with van der Waals surface area (Å²) in [5.74, 6) is 0.00437. The highest BCUT2D eigenvalue weighted by molar-refractivity contribution is 7.91. The Kier molecular flexibility index (Phi) is 6.15. The Morgan fingerprint density at radius 1 is 1.20 bits per heavy atom. The van der Waals surface area contributed by atoms with E-state index in [9.17, 15) is 18.0 Å². The van der Waals surface area contributed by atoms with Gasteiger partial charge >= 0.3 is 5.69 Å². The second-order valence-corrected chi connectivity index (χ2v) is 6.88. The molecule has 2 N–H and O–H groups in total. The monoisotopic (exact) mass is 303 g/mol. The smallest absolute Gasteiger partial charge is 0.330 e. The van der Waals surface area contributed by atoms with Crippen LogP contribution in [0.3, 0.4) is 0 Å². The summed E-state index contributed by atoms with van der Waals surface area (Å²) in [7, 11) is -3.15. The average molecular weight is 303 g/mol. The number of aromatic nitrogens is 2. The average Bonchev–Trinajstić information content (AvgIpc) is 2.37. The summed E-state index contributed by atoms with van der Waals surface area (Å²) >= 11 is 0. The number of aryl methyl sites for hydroxylation is 1. The van der Waals surface area contributed by atoms with Crippen molar-refractivity contribution in [2.45, 2.75) is 32.9 Å². The first-order chi connectivity index (χ1) is 9.41. The molecule has 1 heterocycles. The third-order valence-corrected chi connectivity index (χ3v) is 4.72. The van der Waals surface area contributed by atoms with Crippen molar-refractivity contribution in [3.05, 3.63) is 33.1 Å². The second-order valence-electron chi connectivity index (χ2n) is 4.58. The fourth-order valence-corrected chi connectivity index (χ4v) is 3.13. The normalized spacial score (nSPS) is 11.7. The molecule has 7 nitrogen and oxygen atoms in total. The Morgan fingerprint density at radius 3 is 2.50 bits per heavy atom. The van der Waals surface area contributed by atoms with Gasteiger partial charge in [0.15, 0.2) is 9.84 Å². The van der Waals surface area contributed by atoms with Gasteiger partial charge in [0.2, 0.25) is 0 Å². The molecule has 0 saturated heterocycles. The zero-order valence-corrected chi connectivity index (χ0v) is 12.4. The summed E-state index contributed by atoms with van der Waals surface area (Å²) in [6.45, 7) is 2.48. The van der Waals surface area contributed by atoms with Crippen LogP contribution in [0, 0.1) is 0 Å². The van der Waals surface area contributed by atoms with Crippen molar-refractivity contribution < 1.29 is 8.42 Å². The molecule has 1 aromatic heterocycles. The minimum absolute atomic E-state index is 0.0596. The fraction of sp³-hybridized carbons (Fsp3) is 0.667. The van der Waals surface area contributed by atoms with E-state index >= 15 is 0 Å². The van der Waals surface area contributed by atoms with Crippen LogP contribution in [0.1, 0.15) is 19.8 Å². The van der Waals surface area contributed by atoms with E-state index in [2.05, 4.69) is 0 Å². The van der Waals surface area contributed by atoms with Crippen molar-refractivity contribution in [1.82, 2.24) is 9.13 Å². The molecule has 0 aliphatic rings. The summed E-state index contributed by atoms with van der Waals surface area (Å²) in [5.41, 5.74) is 4.48. The van der Waals surface area contributed by atoms with E-state index in [1.54, 1.807) is 6.92 Å². The standard InChI is InChI=1S/C12H21N3O4S/c1-2-9-20(18,19)10-8-14-7-4-11(16)15(12(14)17)6-3-5-13/h4,7H,2-3,5-6,8-10,13H2,1H3. The fourth-order valence-electron chi connectivity index (χ4n) is 1.83. The Labute approximate surface area is 117 Å². The molecule has 114 valence electrons. The van der Waals surface area contributed by atoms with Crippen molar-refractivity contribution in [2.24, 2.45) is 5.73 Å². The molecule has 0 aromatic carbocycles. The van der Waals surface area contributed by atoms with Gasteiger partial charge in [-0.15, -0.1) is 0 Å². The van der Waals surface area contributed by atoms with E-state index in [-0.39, 0.29) is 24.6 Å². The molecule has 0 spiro atoms. The zero-order valence-electron chi connectivity index (χ0n) is 11.6. The van der Waals surface area contributed by atoms with Gasteiger partial charge in [0.25, 0.3) is 5.56 Å². The maximum Gasteiger partial charge on any atom is 0.330 e. The molecule has 0 saturated carbocycles. The van der Waals surface area contributed by atoms with E-state index in [0.717, 1.165) is 4.57 Å². The predicted molar refractivity (Wildman–Crippen MR) is 77.6 cm³/mol. The maximum atomic E-state index is 12.1. The van der Waals surface area contributed by atoms with E-state index in [1.165, 1.54) is 16.8 Å². The van der Waals surface area contributed by atoms with Crippen molar-refractivity contribution in [2.75, 3.05) is 18.1 Å². The Hall–Kier alpha value is -1.41. The molecule has 0 fully saturated rings. The first-order valence-electron chi connectivity index (χ1n) is 6.62. The van der Waals surface area contributed by atoms with Crippen molar-refractivity contribution >= 4 is 9.84 Å². The highest BCUT2D eigenvalue weighted by Crippen LogP contribution is 1.95. The number of hydrogen-bond donors (Lipinski definition) is 1. The molecule has 0 amide bonds. The molecular formula is C12H21N3O4S. The van der Waals surface area contributed by atoms with Gasteiger partial charge in [-0.2, -0.15) is 0 Å². The van der Waals surface area contributed by atoms with Crippen LogP contribution in [0.2, 0.25) is 0 Å². The topological polar surface area (TPSA) is 104 Å². The number of sulfone groups is 1. The van der Waals surface area contributed by atoms with E-state index < -0.39 is 21.1 Å². The van der Waals surface area contributed by atoms with Crippen LogP contribution in [0.15, 0.2) is 21.9 Å². The Morgan fingerprint density at radius 2 is 1.90 bits per heavy atom. The lowest BCUT2D eigenvalue weighted by Gasteiger charge is -2.09. The van der Waals surface area contributed by atoms with Gasteiger partial charge in [0, 0.05) is 31.1 Å². The van der Waals surface area contributed by atoms with Crippen LogP contribution in [0.5, 0.6) is 0 Å². The Balaban J connectivity index is 2.92. The van der Waals surface area contributed by atoms with Crippen LogP contribution >= 0.6 is 0 Å². The molecule has 0 aliphatic heterocycles. The molecule has 0 bridgehead atoms. The molecule has 0 aliphatic carbocycles. The second kappa shape index (κ2) is 7.39. The summed E-state index contributed by atoms with van der Waals surface area (Å²) in [5, 5.41) is 0. The molecule has 0 atom stereocenters. The van der Waals surface area contributed by atoms with Crippen LogP contribution in [-0.4, -0.2) is 35.6 Å². The van der Waals surface area contributed by atoms with E-state index in [0.29, 0.717) is 19.4 Å². The van der Waals surface area contributed by atoms with Gasteiger partial charge in [-0.05, 0) is 19.4 Å². The summed E-state index contributed by atoms with van der Waals surface area (Å²) < 4.78 is 25.6. The first kappa shape index (κ1) is 16.6. The molecular weight excluding hydrogens is 282 g/mol. The van der Waals surface area contributed by atoms with Gasteiger partial charge < -0.3 is 5.73 Å². The third kappa shape index (κ3) is 4.61. The van der Waals surface area contributed by atoms with Gasteiger partial charge in [0.05, 0.1) is 5.75 Å². The summed E-state index contributed by atoms with van der Waals surface area (Å²) in [6, 6.07) is 1.27. The molecule has 1 aromatic rings. The summed E-state index contributed by atoms with van der Waals surface area (Å²) in [6.07, 6.45) is 2.41. The molecule has 0 unspecified atom stereocenters. The lowest BCUT2D eigenvalue weighted by Crippen LogP contribution is -2.40. The minimum atomic E-state index is -3.15. The summed E-state index contributed by atoms with van der Waals surface area (Å²) in [4.78, 5) is 23.7. The quantitative estimate of drug-likeness (QED) is 0.676. The van der Waals surface area contributed by atoms with Crippen molar-refractivity contribution in [1.29, 1.82) is 0 Å². The lowest BCUT2D eigenvalue weighted by molar-refractivity contribution is 0.542. The van der Waals surface area contributed by atoms with Gasteiger partial charge in [-0.1, -0.05) is 6.92 Å². The number of nitrogens with zero attached hydrogens (tertiary/aromatic N) is 2. The predicted octanol–water partition coefficient (Wildman–Crippen LogP) is -0.816. The number of hydrogen-bond acceptors (Lipinski definition) is 5. The maximum absolute atomic E-state index is 12.1. The zero-order chi connectivity index (χ0) is 15.2. The van der Waals surface area contributed by atoms with Crippen molar-refractivity contribution in [3.63, 3.8) is 0 Å². The minimum Gasteiger partial charge on any atom is -0.330 e. The molecule has 8 heteroatoms. The largest absolute Gasteiger partial charge is 0.330 e.